The average Bonchev–Trinajstić information content (AvgIpc) is 2.89. The fourth-order valence-electron chi connectivity index (χ4n) is 3.60. The molecule has 0 saturated carbocycles. The second-order valence-corrected chi connectivity index (χ2v) is 6.46. The van der Waals surface area contributed by atoms with Gasteiger partial charge < -0.3 is 10.5 Å². The molecule has 1 aromatic carbocycles. The van der Waals surface area contributed by atoms with Gasteiger partial charge in [-0.15, -0.1) is 0 Å². The summed E-state index contributed by atoms with van der Waals surface area (Å²) in [5.41, 5.74) is 11.2. The molecular weight excluding hydrogens is 291 g/mol. The third-order valence-corrected chi connectivity index (χ3v) is 4.74. The summed E-state index contributed by atoms with van der Waals surface area (Å²) in [6.07, 6.45) is 2.97. The summed E-state index contributed by atoms with van der Waals surface area (Å²) in [6.45, 7) is 5.67. The van der Waals surface area contributed by atoms with Crippen LogP contribution in [-0.4, -0.2) is 11.1 Å². The molecule has 0 spiro atoms. The predicted molar refractivity (Wildman–Crippen MR) is 88.1 cm³/mol. The molecule has 118 valence electrons. The fraction of sp³-hybridized carbons (Fsp3) is 0.316. The number of hydrogen-bond donors (Lipinski definition) is 1. The molecule has 2 aromatic rings. The van der Waals surface area contributed by atoms with Gasteiger partial charge in [0.2, 0.25) is 0 Å². The van der Waals surface area contributed by atoms with Crippen molar-refractivity contribution in [3.05, 3.63) is 59.2 Å². The van der Waals surface area contributed by atoms with Crippen molar-refractivity contribution in [2.45, 2.75) is 38.4 Å². The van der Waals surface area contributed by atoms with Crippen LogP contribution in [0.2, 0.25) is 0 Å². The zero-order valence-electron chi connectivity index (χ0n) is 13.1. The van der Waals surface area contributed by atoms with Crippen molar-refractivity contribution in [2.75, 3.05) is 0 Å². The van der Waals surface area contributed by atoms with Crippen LogP contribution in [0.25, 0.3) is 16.8 Å². The van der Waals surface area contributed by atoms with Crippen LogP contribution in [0.3, 0.4) is 0 Å². The van der Waals surface area contributed by atoms with E-state index in [1.165, 1.54) is 0 Å². The summed E-state index contributed by atoms with van der Waals surface area (Å²) in [5.74, 6) is -0.217. The number of aromatic nitrogens is 1. The molecule has 4 heteroatoms. The normalized spacial score (nSPS) is 22.0. The van der Waals surface area contributed by atoms with E-state index in [-0.39, 0.29) is 18.0 Å². The molecule has 2 aliphatic rings. The SMILES string of the molecule is C=C(N)c1cc(-c2ccc(C)cc2F)c2c(n1)[C@@H]1CC[C@H](C2)O1. The highest BCUT2D eigenvalue weighted by Gasteiger charge is 2.36. The second kappa shape index (κ2) is 5.17. The lowest BCUT2D eigenvalue weighted by atomic mass is 9.91. The van der Waals surface area contributed by atoms with Gasteiger partial charge in [0.05, 0.1) is 23.2 Å². The van der Waals surface area contributed by atoms with Gasteiger partial charge in [-0.25, -0.2) is 9.37 Å². The van der Waals surface area contributed by atoms with Gasteiger partial charge in [0.1, 0.15) is 11.9 Å². The number of hydrogen-bond acceptors (Lipinski definition) is 3. The molecule has 2 atom stereocenters. The van der Waals surface area contributed by atoms with E-state index in [1.54, 1.807) is 6.07 Å². The summed E-state index contributed by atoms with van der Waals surface area (Å²) in [6, 6.07) is 7.18. The van der Waals surface area contributed by atoms with Gasteiger partial charge in [-0.1, -0.05) is 18.7 Å². The molecule has 4 rings (SSSR count). The number of benzene rings is 1. The highest BCUT2D eigenvalue weighted by atomic mass is 19.1. The molecule has 3 nitrogen and oxygen atoms in total. The first-order valence-electron chi connectivity index (χ1n) is 7.93. The quantitative estimate of drug-likeness (QED) is 0.915. The Morgan fingerprint density at radius 2 is 2.13 bits per heavy atom. The van der Waals surface area contributed by atoms with Crippen LogP contribution in [0.1, 0.15) is 41.5 Å². The minimum Gasteiger partial charge on any atom is -0.397 e. The molecule has 2 N–H and O–H groups in total. The van der Waals surface area contributed by atoms with Crippen molar-refractivity contribution >= 4 is 5.70 Å². The average molecular weight is 310 g/mol. The number of rotatable bonds is 2. The van der Waals surface area contributed by atoms with E-state index < -0.39 is 0 Å². The number of aryl methyl sites for hydroxylation is 1. The number of ether oxygens (including phenoxy) is 1. The Labute approximate surface area is 135 Å². The lowest BCUT2D eigenvalue weighted by molar-refractivity contribution is 0.0296. The maximum Gasteiger partial charge on any atom is 0.131 e. The number of pyridine rings is 1. The van der Waals surface area contributed by atoms with E-state index in [9.17, 15) is 4.39 Å². The Balaban J connectivity index is 1.97. The largest absolute Gasteiger partial charge is 0.397 e. The van der Waals surface area contributed by atoms with Gasteiger partial charge in [-0.05, 0) is 48.6 Å². The third kappa shape index (κ3) is 2.34. The Morgan fingerprint density at radius 1 is 1.30 bits per heavy atom. The lowest BCUT2D eigenvalue weighted by Crippen LogP contribution is -2.21. The minimum absolute atomic E-state index is 0.00434. The zero-order valence-corrected chi connectivity index (χ0v) is 13.1. The van der Waals surface area contributed by atoms with Gasteiger partial charge in [-0.2, -0.15) is 0 Å². The molecule has 0 amide bonds. The molecule has 1 saturated heterocycles. The zero-order chi connectivity index (χ0) is 16.1. The van der Waals surface area contributed by atoms with E-state index in [0.717, 1.165) is 41.6 Å². The Hall–Kier alpha value is -2.20. The van der Waals surface area contributed by atoms with Crippen LogP contribution in [0.15, 0.2) is 30.8 Å². The van der Waals surface area contributed by atoms with Gasteiger partial charge in [0.25, 0.3) is 0 Å². The summed E-state index contributed by atoms with van der Waals surface area (Å²) in [7, 11) is 0. The van der Waals surface area contributed by atoms with E-state index >= 15 is 0 Å². The Kier molecular flexibility index (Phi) is 3.23. The van der Waals surface area contributed by atoms with E-state index in [0.29, 0.717) is 17.0 Å². The standard InChI is InChI=1S/C19H19FN2O/c1-10-3-5-13(16(20)7-10)14-9-17(11(2)21)22-19-15(14)8-12-4-6-18(19)23-12/h3,5,7,9,12,18H,2,4,6,8,21H2,1H3/t12-,18+/m1/s1. The summed E-state index contributed by atoms with van der Waals surface area (Å²) >= 11 is 0. The Morgan fingerprint density at radius 3 is 2.87 bits per heavy atom. The highest BCUT2D eigenvalue weighted by Crippen LogP contribution is 2.44. The fourth-order valence-corrected chi connectivity index (χ4v) is 3.60. The molecule has 3 heterocycles. The smallest absolute Gasteiger partial charge is 0.131 e. The van der Waals surface area contributed by atoms with Crippen molar-refractivity contribution in [2.24, 2.45) is 5.73 Å². The summed E-state index contributed by atoms with van der Waals surface area (Å²) in [5, 5.41) is 0. The first-order valence-corrected chi connectivity index (χ1v) is 7.93. The molecule has 0 unspecified atom stereocenters. The topological polar surface area (TPSA) is 48.1 Å². The van der Waals surface area contributed by atoms with Crippen LogP contribution in [0.4, 0.5) is 4.39 Å². The maximum absolute atomic E-state index is 14.5. The van der Waals surface area contributed by atoms with Crippen LogP contribution >= 0.6 is 0 Å². The monoisotopic (exact) mass is 310 g/mol. The molecule has 1 aromatic heterocycles. The van der Waals surface area contributed by atoms with Crippen LogP contribution in [0.5, 0.6) is 0 Å². The van der Waals surface area contributed by atoms with E-state index in [1.807, 2.05) is 25.1 Å². The number of nitrogens with two attached hydrogens (primary N) is 1. The summed E-state index contributed by atoms with van der Waals surface area (Å²) < 4.78 is 20.5. The van der Waals surface area contributed by atoms with Gasteiger partial charge in [0, 0.05) is 12.0 Å². The first-order chi connectivity index (χ1) is 11.0. The first kappa shape index (κ1) is 14.4. The molecule has 2 aliphatic heterocycles. The number of halogens is 1. The van der Waals surface area contributed by atoms with E-state index in [2.05, 4.69) is 11.6 Å². The molecule has 0 radical (unpaired) electrons. The predicted octanol–water partition coefficient (Wildman–Crippen LogP) is 3.90. The molecule has 0 aliphatic carbocycles. The van der Waals surface area contributed by atoms with Crippen molar-refractivity contribution in [1.29, 1.82) is 0 Å². The minimum atomic E-state index is -0.217. The van der Waals surface area contributed by atoms with E-state index in [4.69, 9.17) is 10.5 Å². The third-order valence-electron chi connectivity index (χ3n) is 4.74. The molecule has 23 heavy (non-hydrogen) atoms. The maximum atomic E-state index is 14.5. The van der Waals surface area contributed by atoms with Crippen molar-refractivity contribution in [1.82, 2.24) is 4.98 Å². The van der Waals surface area contributed by atoms with Crippen molar-refractivity contribution in [3.8, 4) is 11.1 Å². The molecule has 2 bridgehead atoms. The number of fused-ring (bicyclic) bond motifs is 4. The summed E-state index contributed by atoms with van der Waals surface area (Å²) in [4.78, 5) is 4.65. The molecule has 1 fully saturated rings. The van der Waals surface area contributed by atoms with Crippen molar-refractivity contribution < 1.29 is 9.13 Å². The van der Waals surface area contributed by atoms with Gasteiger partial charge in [-0.3, -0.25) is 0 Å². The molecular formula is C19H19FN2O. The highest BCUT2D eigenvalue weighted by molar-refractivity contribution is 5.73. The van der Waals surface area contributed by atoms with Crippen LogP contribution < -0.4 is 5.73 Å². The van der Waals surface area contributed by atoms with Crippen LogP contribution in [-0.2, 0) is 11.2 Å². The van der Waals surface area contributed by atoms with Crippen LogP contribution in [0, 0.1) is 12.7 Å². The lowest BCUT2D eigenvalue weighted by Gasteiger charge is -2.26. The van der Waals surface area contributed by atoms with Gasteiger partial charge in [0.15, 0.2) is 0 Å². The Bertz CT molecular complexity index is 815. The van der Waals surface area contributed by atoms with Gasteiger partial charge >= 0.3 is 0 Å². The second-order valence-electron chi connectivity index (χ2n) is 6.46. The number of nitrogens with zero attached hydrogens (tertiary/aromatic N) is 1. The van der Waals surface area contributed by atoms with Crippen molar-refractivity contribution in [3.63, 3.8) is 0 Å².